The van der Waals surface area contributed by atoms with E-state index in [0.717, 1.165) is 11.5 Å². The minimum absolute atomic E-state index is 0.873. The second-order valence-electron chi connectivity index (χ2n) is 5.07. The first-order chi connectivity index (χ1) is 10.2. The molecule has 0 aromatic heterocycles. The van der Waals surface area contributed by atoms with E-state index in [1.54, 1.807) is 14.2 Å². The summed E-state index contributed by atoms with van der Waals surface area (Å²) >= 11 is 0. The molecule has 0 spiro atoms. The molecule has 0 radical (unpaired) electrons. The first-order valence-corrected chi connectivity index (χ1v) is 6.94. The fourth-order valence-corrected chi connectivity index (χ4v) is 2.68. The summed E-state index contributed by atoms with van der Waals surface area (Å²) in [6.07, 6.45) is 0. The molecule has 0 saturated heterocycles. The van der Waals surface area contributed by atoms with Gasteiger partial charge in [-0.25, -0.2) is 0 Å². The Morgan fingerprint density at radius 2 is 1.38 bits per heavy atom. The fraction of sp³-hybridized carbons (Fsp3) is 0.158. The van der Waals surface area contributed by atoms with Crippen molar-refractivity contribution in [2.45, 2.75) is 6.92 Å². The normalized spacial score (nSPS) is 10.6. The molecule has 0 aliphatic heterocycles. The summed E-state index contributed by atoms with van der Waals surface area (Å²) in [6, 6.07) is 18.7. The molecule has 0 amide bonds. The highest BCUT2D eigenvalue weighted by molar-refractivity contribution is 5.98. The van der Waals surface area contributed by atoms with E-state index in [-0.39, 0.29) is 0 Å². The Balaban J connectivity index is 2.22. The van der Waals surface area contributed by atoms with Gasteiger partial charge in [0, 0.05) is 0 Å². The fourth-order valence-electron chi connectivity index (χ4n) is 2.68. The molecular formula is C19H18O2. The Bertz CT molecular complexity index is 773. The summed E-state index contributed by atoms with van der Waals surface area (Å²) in [4.78, 5) is 0. The molecule has 0 atom stereocenters. The zero-order valence-electron chi connectivity index (χ0n) is 12.5. The lowest BCUT2D eigenvalue weighted by Gasteiger charge is -2.12. The maximum Gasteiger partial charge on any atom is 0.119 e. The Kier molecular flexibility index (Phi) is 3.53. The lowest BCUT2D eigenvalue weighted by atomic mass is 9.94. The van der Waals surface area contributed by atoms with Gasteiger partial charge in [-0.2, -0.15) is 0 Å². The van der Waals surface area contributed by atoms with E-state index < -0.39 is 0 Å². The van der Waals surface area contributed by atoms with Gasteiger partial charge in [0.2, 0.25) is 0 Å². The van der Waals surface area contributed by atoms with Crippen molar-refractivity contribution in [3.63, 3.8) is 0 Å². The summed E-state index contributed by atoms with van der Waals surface area (Å²) in [5, 5.41) is 2.42. The number of rotatable bonds is 3. The molecule has 0 heterocycles. The van der Waals surface area contributed by atoms with Crippen LogP contribution in [0.5, 0.6) is 11.5 Å². The molecule has 21 heavy (non-hydrogen) atoms. The van der Waals surface area contributed by atoms with Crippen LogP contribution in [0.3, 0.4) is 0 Å². The average molecular weight is 278 g/mol. The zero-order valence-corrected chi connectivity index (χ0v) is 12.5. The smallest absolute Gasteiger partial charge is 0.119 e. The van der Waals surface area contributed by atoms with Gasteiger partial charge >= 0.3 is 0 Å². The standard InChI is InChI=1S/C19H18O2/c1-13-4-5-15-12-17(21-3)10-11-18(15)19(13)14-6-8-16(20-2)9-7-14/h4-12H,1-3H3. The molecule has 0 fully saturated rings. The Labute approximate surface area is 124 Å². The van der Waals surface area contributed by atoms with E-state index in [9.17, 15) is 0 Å². The van der Waals surface area contributed by atoms with Gasteiger partial charge in [-0.15, -0.1) is 0 Å². The lowest BCUT2D eigenvalue weighted by molar-refractivity contribution is 0.415. The summed E-state index contributed by atoms with van der Waals surface area (Å²) in [5.74, 6) is 1.75. The van der Waals surface area contributed by atoms with Crippen molar-refractivity contribution in [2.75, 3.05) is 14.2 Å². The van der Waals surface area contributed by atoms with Crippen molar-refractivity contribution in [3.8, 4) is 22.6 Å². The van der Waals surface area contributed by atoms with Gasteiger partial charge < -0.3 is 9.47 Å². The van der Waals surface area contributed by atoms with Gasteiger partial charge in [0.1, 0.15) is 11.5 Å². The predicted molar refractivity (Wildman–Crippen MR) is 87.2 cm³/mol. The number of methoxy groups -OCH3 is 2. The van der Waals surface area contributed by atoms with Gasteiger partial charge in [0.25, 0.3) is 0 Å². The van der Waals surface area contributed by atoms with E-state index in [0.29, 0.717) is 0 Å². The Morgan fingerprint density at radius 1 is 0.714 bits per heavy atom. The SMILES string of the molecule is COc1ccc(-c2c(C)ccc3cc(OC)ccc23)cc1. The van der Waals surface area contributed by atoms with Crippen molar-refractivity contribution in [2.24, 2.45) is 0 Å². The molecule has 0 unspecified atom stereocenters. The van der Waals surface area contributed by atoms with Gasteiger partial charge in [-0.1, -0.05) is 30.3 Å². The van der Waals surface area contributed by atoms with Crippen LogP contribution in [0.4, 0.5) is 0 Å². The number of ether oxygens (including phenoxy) is 2. The second-order valence-corrected chi connectivity index (χ2v) is 5.07. The molecule has 0 aliphatic carbocycles. The first kappa shape index (κ1) is 13.5. The van der Waals surface area contributed by atoms with Gasteiger partial charge in [-0.3, -0.25) is 0 Å². The van der Waals surface area contributed by atoms with Crippen LogP contribution in [0.15, 0.2) is 54.6 Å². The van der Waals surface area contributed by atoms with Gasteiger partial charge in [0.15, 0.2) is 0 Å². The molecule has 0 N–H and O–H groups in total. The summed E-state index contributed by atoms with van der Waals surface area (Å²) in [5.41, 5.74) is 3.72. The van der Waals surface area contributed by atoms with Crippen molar-refractivity contribution < 1.29 is 9.47 Å². The van der Waals surface area contributed by atoms with E-state index in [4.69, 9.17) is 9.47 Å². The molecule has 0 bridgehead atoms. The molecule has 2 heteroatoms. The van der Waals surface area contributed by atoms with Crippen LogP contribution in [-0.4, -0.2) is 14.2 Å². The highest BCUT2D eigenvalue weighted by atomic mass is 16.5. The van der Waals surface area contributed by atoms with Crippen LogP contribution in [0, 0.1) is 6.92 Å². The van der Waals surface area contributed by atoms with E-state index in [1.165, 1.54) is 27.5 Å². The summed E-state index contributed by atoms with van der Waals surface area (Å²) in [6.45, 7) is 2.14. The van der Waals surface area contributed by atoms with Crippen LogP contribution >= 0.6 is 0 Å². The second kappa shape index (κ2) is 5.49. The molecule has 0 aliphatic rings. The van der Waals surface area contributed by atoms with Crippen molar-refractivity contribution >= 4 is 10.8 Å². The summed E-state index contributed by atoms with van der Waals surface area (Å²) in [7, 11) is 3.38. The number of benzene rings is 3. The van der Waals surface area contributed by atoms with Crippen LogP contribution in [0.25, 0.3) is 21.9 Å². The number of fused-ring (bicyclic) bond motifs is 1. The summed E-state index contributed by atoms with van der Waals surface area (Å²) < 4.78 is 10.5. The highest BCUT2D eigenvalue weighted by Crippen LogP contribution is 2.34. The third-order valence-electron chi connectivity index (χ3n) is 3.81. The topological polar surface area (TPSA) is 18.5 Å². The molecule has 3 aromatic carbocycles. The predicted octanol–water partition coefficient (Wildman–Crippen LogP) is 4.83. The largest absolute Gasteiger partial charge is 0.497 e. The molecule has 0 saturated carbocycles. The third-order valence-corrected chi connectivity index (χ3v) is 3.81. The number of hydrogen-bond acceptors (Lipinski definition) is 2. The Hall–Kier alpha value is -2.48. The minimum atomic E-state index is 0.873. The molecule has 106 valence electrons. The van der Waals surface area contributed by atoms with E-state index >= 15 is 0 Å². The van der Waals surface area contributed by atoms with Crippen molar-refractivity contribution in [3.05, 3.63) is 60.2 Å². The van der Waals surface area contributed by atoms with Crippen LogP contribution in [0.1, 0.15) is 5.56 Å². The first-order valence-electron chi connectivity index (χ1n) is 6.94. The van der Waals surface area contributed by atoms with E-state index in [2.05, 4.69) is 43.3 Å². The highest BCUT2D eigenvalue weighted by Gasteiger charge is 2.08. The molecular weight excluding hydrogens is 260 g/mol. The van der Waals surface area contributed by atoms with Gasteiger partial charge in [-0.05, 0) is 58.7 Å². The maximum absolute atomic E-state index is 5.31. The lowest BCUT2D eigenvalue weighted by Crippen LogP contribution is -1.89. The maximum atomic E-state index is 5.31. The van der Waals surface area contributed by atoms with Crippen LogP contribution in [-0.2, 0) is 0 Å². The minimum Gasteiger partial charge on any atom is -0.497 e. The number of hydrogen-bond donors (Lipinski definition) is 0. The number of aryl methyl sites for hydroxylation is 1. The van der Waals surface area contributed by atoms with E-state index in [1.807, 2.05) is 18.2 Å². The van der Waals surface area contributed by atoms with Crippen LogP contribution < -0.4 is 9.47 Å². The Morgan fingerprint density at radius 3 is 2.05 bits per heavy atom. The van der Waals surface area contributed by atoms with Gasteiger partial charge in [0.05, 0.1) is 14.2 Å². The third kappa shape index (κ3) is 2.45. The monoisotopic (exact) mass is 278 g/mol. The molecule has 3 aromatic rings. The van der Waals surface area contributed by atoms with Crippen molar-refractivity contribution in [1.29, 1.82) is 0 Å². The average Bonchev–Trinajstić information content (AvgIpc) is 2.54. The van der Waals surface area contributed by atoms with Crippen molar-refractivity contribution in [1.82, 2.24) is 0 Å². The van der Waals surface area contributed by atoms with Crippen LogP contribution in [0.2, 0.25) is 0 Å². The molecule has 2 nitrogen and oxygen atoms in total. The molecule has 3 rings (SSSR count). The zero-order chi connectivity index (χ0) is 14.8. The quantitative estimate of drug-likeness (QED) is 0.683.